The van der Waals surface area contributed by atoms with E-state index < -0.39 is 162 Å². The van der Waals surface area contributed by atoms with Crippen molar-refractivity contribution in [1.29, 1.82) is 0 Å². The summed E-state index contributed by atoms with van der Waals surface area (Å²) in [6.45, 7) is 24.4. The van der Waals surface area contributed by atoms with Gasteiger partial charge in [-0.05, 0) is 198 Å². The Morgan fingerprint density at radius 3 is 1.28 bits per heavy atom. The molecule has 6 heterocycles. The summed E-state index contributed by atoms with van der Waals surface area (Å²) in [5.74, 6) is -15.1. The maximum absolute atomic E-state index is 14.4. The summed E-state index contributed by atoms with van der Waals surface area (Å²) in [5, 5.41) is 82.7. The van der Waals surface area contributed by atoms with E-state index in [1.54, 1.807) is 48.0 Å². The van der Waals surface area contributed by atoms with Gasteiger partial charge in [-0.1, -0.05) is 100 Å². The highest BCUT2D eigenvalue weighted by Gasteiger charge is 2.59. The van der Waals surface area contributed by atoms with E-state index in [9.17, 15) is 69.4 Å². The lowest BCUT2D eigenvalue weighted by molar-refractivity contribution is -0.302. The Balaban J connectivity index is 0.000000321. The average Bonchev–Trinajstić information content (AvgIpc) is 0.795. The molecular weight excluding hydrogens is 1490 g/mol. The first-order valence-corrected chi connectivity index (χ1v) is 42.5. The number of fused-ring (bicyclic) bond motifs is 6. The molecule has 28 atom stereocenters. The number of nitrogens with zero attached hydrogens (tertiary/aromatic N) is 3. The predicted molar refractivity (Wildman–Crippen MR) is 434 cm³/mol. The van der Waals surface area contributed by atoms with E-state index >= 15 is 0 Å². The molecule has 116 heavy (non-hydrogen) atoms. The lowest BCUT2D eigenvalue weighted by Crippen LogP contribution is -2.64. The molecule has 0 radical (unpaired) electrons. The highest BCUT2D eigenvalue weighted by atomic mass is 16.7. The van der Waals surface area contributed by atoms with E-state index in [1.807, 2.05) is 71.9 Å². The number of methoxy groups -OCH3 is 6. The van der Waals surface area contributed by atoms with Crippen molar-refractivity contribution in [2.45, 2.75) is 327 Å². The van der Waals surface area contributed by atoms with Crippen LogP contribution >= 0.6 is 0 Å². The van der Waals surface area contributed by atoms with Crippen molar-refractivity contribution in [3.8, 4) is 0 Å². The Morgan fingerprint density at radius 1 is 0.517 bits per heavy atom. The van der Waals surface area contributed by atoms with E-state index in [0.717, 1.165) is 11.1 Å². The minimum Gasteiger partial charge on any atom is -0.456 e. The Bertz CT molecular complexity index is 3460. The van der Waals surface area contributed by atoms with Gasteiger partial charge in [0.15, 0.2) is 0 Å². The molecule has 4 saturated heterocycles. The first kappa shape index (κ1) is 97.4. The smallest absolute Gasteiger partial charge is 0.329 e. The van der Waals surface area contributed by atoms with Crippen LogP contribution in [0.15, 0.2) is 76.6 Å². The second-order valence-corrected chi connectivity index (χ2v) is 34.9. The van der Waals surface area contributed by atoms with Crippen molar-refractivity contribution in [3.05, 3.63) is 71.4 Å². The van der Waals surface area contributed by atoms with E-state index in [2.05, 4.69) is 24.7 Å². The van der Waals surface area contributed by atoms with E-state index in [4.69, 9.17) is 47.4 Å². The highest BCUT2D eigenvalue weighted by Crippen LogP contribution is 2.43. The van der Waals surface area contributed by atoms with Crippen molar-refractivity contribution in [2.75, 3.05) is 55.7 Å². The van der Waals surface area contributed by atoms with E-state index in [1.165, 1.54) is 38.2 Å². The quantitative estimate of drug-likeness (QED) is 0.0279. The van der Waals surface area contributed by atoms with Crippen molar-refractivity contribution < 1.29 is 117 Å². The Morgan fingerprint density at radius 2 is 0.905 bits per heavy atom. The molecule has 27 heteroatoms. The topological polar surface area (TPSA) is 372 Å². The fourth-order valence-electron chi connectivity index (χ4n) is 19.1. The summed E-state index contributed by atoms with van der Waals surface area (Å²) in [7, 11) is 9.25. The molecule has 0 spiro atoms. The van der Waals surface area contributed by atoms with Crippen LogP contribution in [0.2, 0.25) is 0 Å². The Labute approximate surface area is 688 Å². The number of hydrogen-bond acceptors (Lipinski definition) is 25. The number of rotatable bonds is 14. The van der Waals surface area contributed by atoms with Crippen LogP contribution in [0.3, 0.4) is 0 Å². The number of Topliss-reactive ketones (excluding diaryl/α,β-unsaturated/α-hetero) is 3. The van der Waals surface area contributed by atoms with Crippen molar-refractivity contribution in [3.63, 3.8) is 0 Å². The number of oxime groups is 1. The lowest BCUT2D eigenvalue weighted by Gasteiger charge is -2.47. The molecule has 6 aliphatic heterocycles. The second kappa shape index (κ2) is 45.2. The fraction of sp³-hybridized carbons (Fsp3) is 0.775. The lowest BCUT2D eigenvalue weighted by atomic mass is 9.81. The van der Waals surface area contributed by atoms with Crippen LogP contribution in [0.5, 0.6) is 0 Å². The fourth-order valence-corrected chi connectivity index (χ4v) is 19.1. The van der Waals surface area contributed by atoms with Gasteiger partial charge in [0.1, 0.15) is 42.3 Å². The molecule has 0 aromatic carbocycles. The minimum absolute atomic E-state index is 0.00494. The van der Waals surface area contributed by atoms with Crippen LogP contribution in [-0.4, -0.2) is 257 Å². The largest absolute Gasteiger partial charge is 0.456 e. The van der Waals surface area contributed by atoms with Crippen LogP contribution in [0, 0.1) is 59.2 Å². The number of carbonyl (C=O) groups excluding carboxylic acids is 7. The highest BCUT2D eigenvalue weighted by molar-refractivity contribution is 6.39. The van der Waals surface area contributed by atoms with Crippen molar-refractivity contribution >= 4 is 46.8 Å². The number of allylic oxidation sites excluding steroid dienone is 9. The molecule has 8 aliphatic rings. The summed E-state index contributed by atoms with van der Waals surface area (Å²) in [6, 6.07) is -2.28. The number of ether oxygens (including phenoxy) is 10. The minimum atomic E-state index is -2.51. The van der Waals surface area contributed by atoms with Crippen LogP contribution < -0.4 is 0 Å². The van der Waals surface area contributed by atoms with Gasteiger partial charge in [-0.3, -0.25) is 24.0 Å². The molecule has 656 valence electrons. The molecule has 27 nitrogen and oxygen atoms in total. The van der Waals surface area contributed by atoms with Gasteiger partial charge in [0.25, 0.3) is 23.4 Å². The summed E-state index contributed by atoms with van der Waals surface area (Å²) in [6.07, 6.45) is 12.8. The number of amides is 2. The summed E-state index contributed by atoms with van der Waals surface area (Å²) >= 11 is 0. The van der Waals surface area contributed by atoms with Crippen LogP contribution in [0.4, 0.5) is 0 Å². The number of aliphatic hydroxyl groups excluding tert-OH is 4. The summed E-state index contributed by atoms with van der Waals surface area (Å²) < 4.78 is 59.7. The molecule has 0 aromatic rings. The number of carbonyl (C=O) groups is 7. The normalized spacial score (nSPS) is 40.9. The zero-order valence-electron chi connectivity index (χ0n) is 72.1. The van der Waals surface area contributed by atoms with E-state index in [0.29, 0.717) is 120 Å². The van der Waals surface area contributed by atoms with Crippen molar-refractivity contribution in [1.82, 2.24) is 9.80 Å². The molecule has 2 aliphatic carbocycles. The number of piperidine rings is 2. The maximum atomic E-state index is 14.4. The van der Waals surface area contributed by atoms with Crippen LogP contribution in [0.1, 0.15) is 217 Å². The van der Waals surface area contributed by atoms with Gasteiger partial charge in [0.2, 0.25) is 11.6 Å². The molecule has 0 unspecified atom stereocenters. The first-order valence-electron chi connectivity index (χ1n) is 42.5. The van der Waals surface area contributed by atoms with Crippen LogP contribution in [0.25, 0.3) is 0 Å². The van der Waals surface area contributed by atoms with Crippen molar-refractivity contribution in [2.24, 2.45) is 64.3 Å². The van der Waals surface area contributed by atoms with Gasteiger partial charge < -0.3 is 93.0 Å². The van der Waals surface area contributed by atoms with Gasteiger partial charge in [0, 0.05) is 104 Å². The molecule has 7 N–H and O–H groups in total. The van der Waals surface area contributed by atoms with Gasteiger partial charge in [-0.15, -0.1) is 6.58 Å². The zero-order valence-corrected chi connectivity index (χ0v) is 72.1. The first-order chi connectivity index (χ1) is 55.0. The van der Waals surface area contributed by atoms with Crippen LogP contribution in [-0.2, 0) is 80.9 Å². The third-order valence-corrected chi connectivity index (χ3v) is 26.1. The van der Waals surface area contributed by atoms with E-state index in [-0.39, 0.29) is 99.2 Å². The molecular formula is C89H141N3O24. The van der Waals surface area contributed by atoms with Gasteiger partial charge in [-0.2, -0.15) is 0 Å². The standard InChI is InChI=1S/C45H72N2O12.C44H69NO12/c1-10-11-14-32-20-26(2)19-27(3)21-38(56-8)41-39(57-9)23-29(5)45(53,59-41)42(50)43(51)47-18-13-12-15-34(47)44(52)58-40(30(6)36(49)25-33(32)46-54)28(4)22-31-16-17-35(48)37(24-31)55-7;1-10-13-31-19-25(2)18-26(3)20-37(54-8)40-38(55-9)22-28(5)44(52,57-40)41(49)42(50)45-17-12-11-14-32(45)43(51)56-39(29(6)34(47)24-35(31)48)27(4)21-30-15-16-33(46)36(23-30)53-7/h10-11,20,22,27,29-32,34-41,48-49,53-54H,12-19,21,23-25H2,1-9H3;10,19,21,26,28-34,36-40,46-47,52H,1,11-18,20,22-24H2,2-9H3/b11-10+,26-20+,28-22+,46-33?;25-19+,27-21+/t27-,29+,30+,31-,32+,34-,35+,36-,37+,38-,39-,40+,41+,45+;26-,28+,29+,30-,31+,32-,33+,34-,36+,37-,38-,39+,40+,44+/m00/s1. The average molecular weight is 1640 g/mol. The molecule has 2 amide bonds. The number of ketones is 3. The number of cyclic esters (lactones) is 2. The summed E-state index contributed by atoms with van der Waals surface area (Å²) in [4.78, 5) is 102. The zero-order chi connectivity index (χ0) is 85.8. The maximum Gasteiger partial charge on any atom is 0.329 e. The predicted octanol–water partition coefficient (Wildman–Crippen LogP) is 9.93. The second-order valence-electron chi connectivity index (χ2n) is 34.9. The number of hydrogen-bond donors (Lipinski definition) is 7. The molecule has 0 aromatic heterocycles. The molecule has 4 bridgehead atoms. The summed E-state index contributed by atoms with van der Waals surface area (Å²) in [5.41, 5.74) is 3.68. The molecule has 8 rings (SSSR count). The molecule has 6 fully saturated rings. The monoisotopic (exact) mass is 1640 g/mol. The third-order valence-electron chi connectivity index (χ3n) is 26.1. The van der Waals surface area contributed by atoms with Gasteiger partial charge in [0.05, 0.1) is 66.8 Å². The SMILES string of the molecule is C/C=C/C[C@@H]1/C=C(\C)C[C@H](C)C[C@H](OC)[C@H]2O[C@@](O)(C(=O)C(=O)N3CCCC[C@H]3C(=O)O[C@H](/C(C)=C/[C@@H]3CC[C@@H](O)[C@H](OC)C3)[C@H](C)[C@@H](O)CC1=NO)[C@H](C)C[C@@H]2OC.C=CC[C@@H]1/C=C(\C)C[C@H](C)C[C@H](OC)[C@H]2O[C@@](O)(C(=O)C(=O)N3CCCC[C@H]3C(=O)O[C@H](/C(C)=C/[C@@H]3CC[C@@H](O)[C@H](OC)C3)[C@H](C)[C@@H](O)CC1=O)[C@H](C)C[C@@H]2OC. The number of esters is 2. The third kappa shape index (κ3) is 24.5. The van der Waals surface area contributed by atoms with Gasteiger partial charge in [-0.25, -0.2) is 9.59 Å². The Hall–Kier alpha value is -5.76. The van der Waals surface area contributed by atoms with Gasteiger partial charge >= 0.3 is 11.9 Å². The molecule has 2 saturated carbocycles. The Kier molecular flexibility index (Phi) is 38.0. The number of aliphatic hydroxyl groups is 6.